The van der Waals surface area contributed by atoms with Crippen LogP contribution in [0.15, 0.2) is 64.6 Å². The van der Waals surface area contributed by atoms with Crippen LogP contribution in [-0.2, 0) is 14.4 Å². The highest BCUT2D eigenvalue weighted by Crippen LogP contribution is 2.39. The van der Waals surface area contributed by atoms with Crippen molar-refractivity contribution in [2.75, 3.05) is 6.54 Å². The monoisotopic (exact) mass is 443 g/mol. The maximum Gasteiger partial charge on any atom is 0.303 e. The summed E-state index contributed by atoms with van der Waals surface area (Å²) >= 11 is 3.36. The first-order valence-corrected chi connectivity index (χ1v) is 9.50. The molecule has 0 radical (unpaired) electrons. The number of hydrogen-bond acceptors (Lipinski definition) is 4. The van der Waals surface area contributed by atoms with Crippen molar-refractivity contribution in [2.45, 2.75) is 18.9 Å². The molecule has 0 aromatic heterocycles. The Morgan fingerprint density at radius 1 is 1.00 bits per heavy atom. The topological polar surface area (TPSA) is 94.9 Å². The Balaban J connectivity index is 2.08. The number of aliphatic hydroxyl groups is 1. The van der Waals surface area contributed by atoms with Gasteiger partial charge >= 0.3 is 5.97 Å². The van der Waals surface area contributed by atoms with E-state index in [0.29, 0.717) is 11.1 Å². The fourth-order valence-electron chi connectivity index (χ4n) is 3.25. The third-order valence-corrected chi connectivity index (χ3v) is 5.09. The summed E-state index contributed by atoms with van der Waals surface area (Å²) < 4.78 is 0.835. The molecule has 0 unspecified atom stereocenters. The van der Waals surface area contributed by atoms with E-state index in [1.54, 1.807) is 54.6 Å². The van der Waals surface area contributed by atoms with Gasteiger partial charge in [-0.05, 0) is 24.1 Å². The lowest BCUT2D eigenvalue weighted by Gasteiger charge is -2.25. The number of carbonyl (C=O) groups excluding carboxylic acids is 2. The third kappa shape index (κ3) is 3.99. The molecule has 0 bridgehead atoms. The molecule has 28 heavy (non-hydrogen) atoms. The number of nitrogens with zero attached hydrogens (tertiary/aromatic N) is 1. The van der Waals surface area contributed by atoms with Crippen LogP contribution in [0.1, 0.15) is 30.0 Å². The molecule has 7 heteroatoms. The van der Waals surface area contributed by atoms with Crippen molar-refractivity contribution in [3.63, 3.8) is 0 Å². The first-order valence-electron chi connectivity index (χ1n) is 8.71. The highest BCUT2D eigenvalue weighted by Gasteiger charge is 2.45. The van der Waals surface area contributed by atoms with Crippen molar-refractivity contribution in [1.82, 2.24) is 4.90 Å². The van der Waals surface area contributed by atoms with Gasteiger partial charge in [0, 0.05) is 23.0 Å². The molecular formula is C21H18BrNO5. The fourth-order valence-corrected chi connectivity index (χ4v) is 3.52. The molecule has 1 fully saturated rings. The zero-order valence-corrected chi connectivity index (χ0v) is 16.4. The van der Waals surface area contributed by atoms with E-state index in [1.807, 2.05) is 0 Å². The SMILES string of the molecule is O=C(O)CCCN1C(=O)C(=O)C(=C(O)c2ccccc2)[C@@H]1c1ccc(Br)cc1. The number of aliphatic carboxylic acids is 1. The summed E-state index contributed by atoms with van der Waals surface area (Å²) in [4.78, 5) is 37.6. The largest absolute Gasteiger partial charge is 0.507 e. The van der Waals surface area contributed by atoms with E-state index >= 15 is 0 Å². The Morgan fingerprint density at radius 3 is 2.25 bits per heavy atom. The van der Waals surface area contributed by atoms with Crippen molar-refractivity contribution < 1.29 is 24.6 Å². The van der Waals surface area contributed by atoms with E-state index in [2.05, 4.69) is 15.9 Å². The van der Waals surface area contributed by atoms with Crippen molar-refractivity contribution in [1.29, 1.82) is 0 Å². The van der Waals surface area contributed by atoms with Crippen LogP contribution < -0.4 is 0 Å². The molecule has 2 N–H and O–H groups in total. The number of likely N-dealkylation sites (tertiary alicyclic amines) is 1. The molecule has 1 aliphatic heterocycles. The van der Waals surface area contributed by atoms with E-state index in [1.165, 1.54) is 4.90 Å². The van der Waals surface area contributed by atoms with Gasteiger partial charge in [0.15, 0.2) is 0 Å². The number of carbonyl (C=O) groups is 3. The quantitative estimate of drug-likeness (QED) is 0.402. The number of carboxylic acids is 1. The molecule has 1 atom stereocenters. The van der Waals surface area contributed by atoms with E-state index < -0.39 is 23.7 Å². The molecule has 1 saturated heterocycles. The van der Waals surface area contributed by atoms with Gasteiger partial charge in [0.1, 0.15) is 5.76 Å². The number of halogens is 1. The average molecular weight is 444 g/mol. The molecule has 6 nitrogen and oxygen atoms in total. The van der Waals surface area contributed by atoms with Gasteiger partial charge < -0.3 is 15.1 Å². The first kappa shape index (κ1) is 19.8. The van der Waals surface area contributed by atoms with Gasteiger partial charge in [-0.25, -0.2) is 0 Å². The van der Waals surface area contributed by atoms with Crippen LogP contribution in [-0.4, -0.2) is 39.3 Å². The molecule has 3 rings (SSSR count). The summed E-state index contributed by atoms with van der Waals surface area (Å²) in [5.74, 6) is -2.73. The minimum Gasteiger partial charge on any atom is -0.507 e. The van der Waals surface area contributed by atoms with Crippen LogP contribution >= 0.6 is 15.9 Å². The van der Waals surface area contributed by atoms with Crippen LogP contribution in [0, 0.1) is 0 Å². The Hall–Kier alpha value is -2.93. The summed E-state index contributed by atoms with van der Waals surface area (Å²) in [7, 11) is 0. The average Bonchev–Trinajstić information content (AvgIpc) is 2.93. The van der Waals surface area contributed by atoms with Crippen LogP contribution in [0.4, 0.5) is 0 Å². The molecule has 144 valence electrons. The van der Waals surface area contributed by atoms with E-state index in [0.717, 1.165) is 4.47 Å². The van der Waals surface area contributed by atoms with Gasteiger partial charge in [-0.1, -0.05) is 58.4 Å². The molecule has 1 aliphatic rings. The van der Waals surface area contributed by atoms with E-state index in [4.69, 9.17) is 5.11 Å². The van der Waals surface area contributed by atoms with Crippen molar-refractivity contribution in [3.8, 4) is 0 Å². The predicted molar refractivity (Wildman–Crippen MR) is 106 cm³/mol. The van der Waals surface area contributed by atoms with Crippen molar-refractivity contribution in [2.24, 2.45) is 0 Å². The summed E-state index contributed by atoms with van der Waals surface area (Å²) in [6.45, 7) is 0.100. The molecular weight excluding hydrogens is 426 g/mol. The Bertz CT molecular complexity index is 937. The second-order valence-corrected chi connectivity index (χ2v) is 7.32. The van der Waals surface area contributed by atoms with Crippen LogP contribution in [0.2, 0.25) is 0 Å². The minimum absolute atomic E-state index is 0.00819. The van der Waals surface area contributed by atoms with Gasteiger partial charge in [0.2, 0.25) is 0 Å². The van der Waals surface area contributed by atoms with Gasteiger partial charge in [0.25, 0.3) is 11.7 Å². The second-order valence-electron chi connectivity index (χ2n) is 6.41. The van der Waals surface area contributed by atoms with Crippen molar-refractivity contribution in [3.05, 3.63) is 75.8 Å². The number of amides is 1. The lowest BCUT2D eigenvalue weighted by atomic mass is 9.95. The zero-order chi connectivity index (χ0) is 20.3. The molecule has 2 aromatic carbocycles. The third-order valence-electron chi connectivity index (χ3n) is 4.56. The number of carboxylic acid groups (broad SMARTS) is 1. The Kier molecular flexibility index (Phi) is 5.94. The smallest absolute Gasteiger partial charge is 0.303 e. The van der Waals surface area contributed by atoms with Gasteiger partial charge in [-0.2, -0.15) is 0 Å². The first-order chi connectivity index (χ1) is 13.4. The maximum atomic E-state index is 12.7. The molecule has 0 saturated carbocycles. The molecule has 1 heterocycles. The molecule has 1 amide bonds. The van der Waals surface area contributed by atoms with E-state index in [9.17, 15) is 19.5 Å². The number of benzene rings is 2. The summed E-state index contributed by atoms with van der Waals surface area (Å²) in [6.07, 6.45) is 0.0928. The van der Waals surface area contributed by atoms with Crippen LogP contribution in [0.25, 0.3) is 5.76 Å². The van der Waals surface area contributed by atoms with Gasteiger partial charge in [0.05, 0.1) is 11.6 Å². The standard InChI is InChI=1S/C21H18BrNO5/c22-15-10-8-13(9-11-15)18-17(19(26)14-5-2-1-3-6-14)20(27)21(28)23(18)12-4-7-16(24)25/h1-3,5-6,8-11,18,26H,4,7,12H2,(H,24,25)/t18-/m0/s1. The molecule has 2 aromatic rings. The van der Waals surface area contributed by atoms with Gasteiger partial charge in [-0.3, -0.25) is 14.4 Å². The van der Waals surface area contributed by atoms with Crippen molar-refractivity contribution >= 4 is 39.3 Å². The molecule has 0 spiro atoms. The lowest BCUT2D eigenvalue weighted by Crippen LogP contribution is -2.31. The van der Waals surface area contributed by atoms with Gasteiger partial charge in [-0.15, -0.1) is 0 Å². The summed E-state index contributed by atoms with van der Waals surface area (Å²) in [5, 5.41) is 19.7. The summed E-state index contributed by atoms with van der Waals surface area (Å²) in [6, 6.07) is 14.9. The number of Topliss-reactive ketones (excluding diaryl/α,β-unsaturated/α-hetero) is 1. The Labute approximate surface area is 170 Å². The highest BCUT2D eigenvalue weighted by atomic mass is 79.9. The number of aliphatic hydroxyl groups excluding tert-OH is 1. The lowest BCUT2D eigenvalue weighted by molar-refractivity contribution is -0.140. The highest BCUT2D eigenvalue weighted by molar-refractivity contribution is 9.10. The maximum absolute atomic E-state index is 12.7. The zero-order valence-electron chi connectivity index (χ0n) is 14.8. The molecule has 0 aliphatic carbocycles. The summed E-state index contributed by atoms with van der Waals surface area (Å²) in [5.41, 5.74) is 1.11. The normalized spacial score (nSPS) is 18.5. The van der Waals surface area contributed by atoms with Crippen LogP contribution in [0.3, 0.4) is 0 Å². The Morgan fingerprint density at radius 2 is 1.64 bits per heavy atom. The number of ketones is 1. The fraction of sp³-hybridized carbons (Fsp3) is 0.190. The number of rotatable bonds is 6. The minimum atomic E-state index is -0.971. The number of hydrogen-bond donors (Lipinski definition) is 2. The second kappa shape index (κ2) is 8.39. The van der Waals surface area contributed by atoms with Crippen LogP contribution in [0.5, 0.6) is 0 Å². The van der Waals surface area contributed by atoms with E-state index in [-0.39, 0.29) is 30.7 Å². The predicted octanol–water partition coefficient (Wildman–Crippen LogP) is 3.74.